The van der Waals surface area contributed by atoms with Crippen molar-refractivity contribution in [2.45, 2.75) is 64.7 Å². The summed E-state index contributed by atoms with van der Waals surface area (Å²) in [5, 5.41) is 25.8. The molecule has 2 aliphatic rings. The molecule has 0 bridgehead atoms. The molecule has 0 atom stereocenters. The number of thiophene rings is 1. The number of anilines is 1. The number of allylic oxidation sites excluding steroid dienone is 1. The number of likely N-dealkylation sites (tertiary alicyclic amines) is 1. The number of hydrogen-bond acceptors (Lipinski definition) is 10. The van der Waals surface area contributed by atoms with Gasteiger partial charge in [0.05, 0.1) is 23.5 Å². The van der Waals surface area contributed by atoms with E-state index in [1.807, 2.05) is 49.7 Å². The molecule has 0 spiro atoms. The minimum Gasteiger partial charge on any atom is -0.437 e. The minimum atomic E-state index is -0.00938. The highest BCUT2D eigenvalue weighted by molar-refractivity contribution is 7.17. The predicted molar refractivity (Wildman–Crippen MR) is 161 cm³/mol. The van der Waals surface area contributed by atoms with Gasteiger partial charge in [-0.1, -0.05) is 5.21 Å². The number of aromatic nitrogens is 5. The zero-order valence-corrected chi connectivity index (χ0v) is 24.5. The third-order valence-corrected chi connectivity index (χ3v) is 8.34. The molecule has 216 valence electrons. The van der Waals surface area contributed by atoms with Crippen molar-refractivity contribution in [2.24, 2.45) is 0 Å². The molecular weight excluding hydrogens is 550 g/mol. The third kappa shape index (κ3) is 6.75. The van der Waals surface area contributed by atoms with Crippen LogP contribution in [0.5, 0.6) is 11.6 Å². The Hall–Kier alpha value is -4.34. The molecule has 12 heteroatoms. The van der Waals surface area contributed by atoms with Crippen LogP contribution < -0.4 is 15.4 Å². The van der Waals surface area contributed by atoms with Crippen LogP contribution in [0.25, 0.3) is 16.3 Å². The zero-order chi connectivity index (χ0) is 29.1. The summed E-state index contributed by atoms with van der Waals surface area (Å²) in [6.45, 7) is 6.72. The number of rotatable bonds is 10. The lowest BCUT2D eigenvalue weighted by Gasteiger charge is -2.31. The molecule has 11 nitrogen and oxygen atoms in total. The van der Waals surface area contributed by atoms with Crippen molar-refractivity contribution in [3.63, 3.8) is 0 Å². The smallest absolute Gasteiger partial charge is 0.242 e. The van der Waals surface area contributed by atoms with Crippen molar-refractivity contribution in [2.75, 3.05) is 18.4 Å². The van der Waals surface area contributed by atoms with E-state index in [-0.39, 0.29) is 18.5 Å². The fourth-order valence-corrected chi connectivity index (χ4v) is 5.98. The van der Waals surface area contributed by atoms with Crippen LogP contribution in [0.2, 0.25) is 0 Å². The van der Waals surface area contributed by atoms with Gasteiger partial charge >= 0.3 is 0 Å². The van der Waals surface area contributed by atoms with Crippen LogP contribution >= 0.6 is 11.3 Å². The molecule has 0 unspecified atom stereocenters. The first kappa shape index (κ1) is 27.8. The Kier molecular flexibility index (Phi) is 8.12. The SMILES string of the molecule is Cc1cc(/C=C/C#N)cc(C)c1Oc1nc(NC2CCN(Cc3cn(CC(=O)NC4CC4)nn3)CC2)nc2ccsc12. The number of fused-ring (bicyclic) bond motifs is 1. The standard InChI is InChI=1S/C30H33N9O2S/c1-19-14-21(4-3-10-31)15-20(2)27(19)41-29-28-25(9-13-42-28)34-30(35-29)33-23-7-11-38(12-8-23)16-24-17-39(37-36-24)18-26(40)32-22-5-6-22/h3-4,9,13-15,17,22-23H,5-8,11-12,16,18H2,1-2H3,(H,32,40)(H,33,34,35)/b4-3+. The molecule has 1 aromatic carbocycles. The summed E-state index contributed by atoms with van der Waals surface area (Å²) in [7, 11) is 0. The van der Waals surface area contributed by atoms with Crippen molar-refractivity contribution in [3.8, 4) is 17.7 Å². The maximum atomic E-state index is 12.0. The van der Waals surface area contributed by atoms with E-state index in [4.69, 9.17) is 20.0 Å². The minimum absolute atomic E-state index is 0.00938. The number of carbonyl (C=O) groups excluding carboxylic acids is 1. The number of ether oxygens (including phenoxy) is 1. The number of benzene rings is 1. The van der Waals surface area contributed by atoms with E-state index in [2.05, 4.69) is 25.8 Å². The van der Waals surface area contributed by atoms with Crippen molar-refractivity contribution in [1.29, 1.82) is 5.26 Å². The highest BCUT2D eigenvalue weighted by Gasteiger charge is 2.24. The first-order chi connectivity index (χ1) is 20.4. The Labute approximate surface area is 248 Å². The number of aryl methyl sites for hydroxylation is 2. The average molecular weight is 584 g/mol. The molecule has 1 aliphatic carbocycles. The monoisotopic (exact) mass is 583 g/mol. The predicted octanol–water partition coefficient (Wildman–Crippen LogP) is 4.58. The number of hydrogen-bond donors (Lipinski definition) is 2. The second-order valence-corrected chi connectivity index (χ2v) is 11.9. The number of nitriles is 1. The number of nitrogens with one attached hydrogen (secondary N) is 2. The molecule has 2 N–H and O–H groups in total. The lowest BCUT2D eigenvalue weighted by Crippen LogP contribution is -2.39. The molecular formula is C30H33N9O2S. The van der Waals surface area contributed by atoms with Crippen LogP contribution in [-0.2, 0) is 17.9 Å². The van der Waals surface area contributed by atoms with Gasteiger partial charge in [-0.3, -0.25) is 9.69 Å². The largest absolute Gasteiger partial charge is 0.437 e. The van der Waals surface area contributed by atoms with Crippen LogP contribution in [0.15, 0.2) is 35.9 Å². The molecule has 1 amide bonds. The molecule has 1 saturated carbocycles. The summed E-state index contributed by atoms with van der Waals surface area (Å²) < 4.78 is 8.93. The van der Waals surface area contributed by atoms with Crippen LogP contribution in [0.3, 0.4) is 0 Å². The van der Waals surface area contributed by atoms with Crippen LogP contribution in [0.4, 0.5) is 5.95 Å². The Morgan fingerprint density at radius 2 is 1.95 bits per heavy atom. The number of amides is 1. The molecule has 42 heavy (non-hydrogen) atoms. The summed E-state index contributed by atoms with van der Waals surface area (Å²) >= 11 is 1.56. The highest BCUT2D eigenvalue weighted by atomic mass is 32.1. The van der Waals surface area contributed by atoms with Crippen molar-refractivity contribution in [3.05, 3.63) is 58.2 Å². The summed E-state index contributed by atoms with van der Waals surface area (Å²) in [5.74, 6) is 1.85. The summed E-state index contributed by atoms with van der Waals surface area (Å²) in [4.78, 5) is 24.0. The highest BCUT2D eigenvalue weighted by Crippen LogP contribution is 2.36. The van der Waals surface area contributed by atoms with E-state index in [9.17, 15) is 4.79 Å². The normalized spacial score (nSPS) is 16.1. The van der Waals surface area contributed by atoms with Gasteiger partial charge in [-0.2, -0.15) is 10.2 Å². The van der Waals surface area contributed by atoms with Crippen molar-refractivity contribution >= 4 is 39.5 Å². The molecule has 4 heterocycles. The summed E-state index contributed by atoms with van der Waals surface area (Å²) in [5.41, 5.74) is 4.62. The van der Waals surface area contributed by atoms with Gasteiger partial charge in [-0.05, 0) is 85.9 Å². The zero-order valence-electron chi connectivity index (χ0n) is 23.7. The Bertz CT molecular complexity index is 1640. The maximum Gasteiger partial charge on any atom is 0.242 e. The maximum absolute atomic E-state index is 12.0. The number of piperidine rings is 1. The van der Waals surface area contributed by atoms with Crippen LogP contribution in [0, 0.1) is 25.2 Å². The Balaban J connectivity index is 1.07. The molecule has 6 rings (SSSR count). The second kappa shape index (κ2) is 12.3. The van der Waals surface area contributed by atoms with E-state index in [0.717, 1.165) is 77.1 Å². The number of nitrogens with zero attached hydrogens (tertiary/aromatic N) is 7. The lowest BCUT2D eigenvalue weighted by atomic mass is 10.1. The second-order valence-electron chi connectivity index (χ2n) is 11.0. The van der Waals surface area contributed by atoms with E-state index >= 15 is 0 Å². The molecule has 4 aromatic rings. The topological polar surface area (TPSA) is 134 Å². The quantitative estimate of drug-likeness (QED) is 0.257. The fourth-order valence-electron chi connectivity index (χ4n) is 5.22. The van der Waals surface area contributed by atoms with Gasteiger partial charge in [0.25, 0.3) is 0 Å². The summed E-state index contributed by atoms with van der Waals surface area (Å²) in [6, 6.07) is 8.61. The first-order valence-corrected chi connectivity index (χ1v) is 15.1. The van der Waals surface area contributed by atoms with Gasteiger partial charge in [0.15, 0.2) is 0 Å². The third-order valence-electron chi connectivity index (χ3n) is 7.44. The lowest BCUT2D eigenvalue weighted by molar-refractivity contribution is -0.122. The van der Waals surface area contributed by atoms with Gasteiger partial charge in [-0.25, -0.2) is 9.67 Å². The van der Waals surface area contributed by atoms with E-state index < -0.39 is 0 Å². The Morgan fingerprint density at radius 1 is 1.17 bits per heavy atom. The molecule has 1 saturated heterocycles. The van der Waals surface area contributed by atoms with Gasteiger partial charge in [-0.15, -0.1) is 16.4 Å². The molecule has 2 fully saturated rings. The molecule has 0 radical (unpaired) electrons. The molecule has 3 aromatic heterocycles. The van der Waals surface area contributed by atoms with Crippen molar-refractivity contribution in [1.82, 2.24) is 35.2 Å². The summed E-state index contributed by atoms with van der Waals surface area (Å²) in [6.07, 6.45) is 9.15. The fraction of sp³-hybridized carbons (Fsp3) is 0.400. The van der Waals surface area contributed by atoms with Gasteiger partial charge in [0.2, 0.25) is 17.7 Å². The van der Waals surface area contributed by atoms with Crippen LogP contribution in [-0.4, -0.2) is 60.9 Å². The average Bonchev–Trinajstić information content (AvgIpc) is 3.45. The van der Waals surface area contributed by atoms with Gasteiger partial charge in [0, 0.05) is 37.8 Å². The van der Waals surface area contributed by atoms with Crippen molar-refractivity contribution < 1.29 is 9.53 Å². The van der Waals surface area contributed by atoms with Gasteiger partial charge in [0.1, 0.15) is 17.0 Å². The first-order valence-electron chi connectivity index (χ1n) is 14.2. The van der Waals surface area contributed by atoms with Crippen LogP contribution in [0.1, 0.15) is 48.1 Å². The van der Waals surface area contributed by atoms with E-state index in [0.29, 0.717) is 24.4 Å². The van der Waals surface area contributed by atoms with Gasteiger partial charge < -0.3 is 15.4 Å². The molecule has 1 aliphatic heterocycles. The van der Waals surface area contributed by atoms with E-state index in [1.54, 1.807) is 22.1 Å². The Morgan fingerprint density at radius 3 is 2.69 bits per heavy atom. The van der Waals surface area contributed by atoms with E-state index in [1.165, 1.54) is 6.08 Å². The number of carbonyl (C=O) groups is 1.